The second-order valence-corrected chi connectivity index (χ2v) is 5.89. The Kier molecular flexibility index (Phi) is 4.09. The Labute approximate surface area is 131 Å². The molecule has 1 saturated heterocycles. The van der Waals surface area contributed by atoms with E-state index >= 15 is 0 Å². The SMILES string of the molecule is Cn1cc(C(F)(F)F)nc1C1CCCN(Cc2nnnn2C)C1. The maximum atomic E-state index is 12.8. The molecule has 0 amide bonds. The standard InChI is InChI=1S/C13H18F3N7/c1-21-7-10(13(14,15)16)17-12(21)9-4-3-5-23(6-9)8-11-18-19-20-22(11)2/h7,9H,3-6,8H2,1-2H3. The molecule has 3 rings (SSSR count). The first-order valence-corrected chi connectivity index (χ1v) is 7.38. The van der Waals surface area contributed by atoms with Crippen LogP contribution in [0.15, 0.2) is 6.20 Å². The summed E-state index contributed by atoms with van der Waals surface area (Å²) in [5.74, 6) is 1.20. The number of aromatic nitrogens is 6. The molecule has 0 aromatic carbocycles. The number of piperidine rings is 1. The molecular weight excluding hydrogens is 311 g/mol. The number of halogens is 3. The van der Waals surface area contributed by atoms with Crippen molar-refractivity contribution in [1.29, 1.82) is 0 Å². The average Bonchev–Trinajstić information content (AvgIpc) is 3.06. The quantitative estimate of drug-likeness (QED) is 0.850. The van der Waals surface area contributed by atoms with E-state index in [-0.39, 0.29) is 5.92 Å². The molecule has 2 aromatic heterocycles. The van der Waals surface area contributed by atoms with Gasteiger partial charge in [-0.05, 0) is 29.8 Å². The van der Waals surface area contributed by atoms with Crippen molar-refractivity contribution in [2.45, 2.75) is 31.5 Å². The van der Waals surface area contributed by atoms with E-state index in [0.717, 1.165) is 31.4 Å². The Morgan fingerprint density at radius 1 is 1.30 bits per heavy atom. The van der Waals surface area contributed by atoms with Crippen molar-refractivity contribution >= 4 is 0 Å². The lowest BCUT2D eigenvalue weighted by molar-refractivity contribution is -0.141. The molecule has 0 spiro atoms. The molecule has 0 aliphatic carbocycles. The van der Waals surface area contributed by atoms with Crippen LogP contribution in [0.1, 0.15) is 36.1 Å². The molecule has 1 aliphatic rings. The number of hydrogen-bond acceptors (Lipinski definition) is 5. The second-order valence-electron chi connectivity index (χ2n) is 5.89. The molecule has 23 heavy (non-hydrogen) atoms. The minimum atomic E-state index is -4.41. The van der Waals surface area contributed by atoms with Gasteiger partial charge in [-0.1, -0.05) is 0 Å². The lowest BCUT2D eigenvalue weighted by Gasteiger charge is -2.31. The minimum absolute atomic E-state index is 0.0222. The lowest BCUT2D eigenvalue weighted by atomic mass is 9.97. The topological polar surface area (TPSA) is 64.7 Å². The molecule has 0 saturated carbocycles. The summed E-state index contributed by atoms with van der Waals surface area (Å²) in [7, 11) is 3.38. The number of alkyl halides is 3. The molecule has 1 aliphatic heterocycles. The van der Waals surface area contributed by atoms with E-state index in [4.69, 9.17) is 0 Å². The maximum absolute atomic E-state index is 12.8. The summed E-state index contributed by atoms with van der Waals surface area (Å²) in [4.78, 5) is 5.97. The molecule has 0 N–H and O–H groups in total. The zero-order valence-electron chi connectivity index (χ0n) is 13.0. The summed E-state index contributed by atoms with van der Waals surface area (Å²) in [5.41, 5.74) is -0.829. The molecule has 0 radical (unpaired) electrons. The Balaban J connectivity index is 1.74. The van der Waals surface area contributed by atoms with Gasteiger partial charge >= 0.3 is 6.18 Å². The largest absolute Gasteiger partial charge is 0.434 e. The number of rotatable bonds is 3. The highest BCUT2D eigenvalue weighted by Crippen LogP contribution is 2.32. The van der Waals surface area contributed by atoms with Crippen LogP contribution in [0.5, 0.6) is 0 Å². The van der Waals surface area contributed by atoms with E-state index in [1.807, 2.05) is 0 Å². The zero-order valence-corrected chi connectivity index (χ0v) is 13.0. The Bertz CT molecular complexity index is 675. The Morgan fingerprint density at radius 2 is 2.09 bits per heavy atom. The fraction of sp³-hybridized carbons (Fsp3) is 0.692. The molecule has 1 fully saturated rings. The highest BCUT2D eigenvalue weighted by atomic mass is 19.4. The van der Waals surface area contributed by atoms with Crippen LogP contribution in [0.2, 0.25) is 0 Å². The molecular formula is C13H18F3N7. The highest BCUT2D eigenvalue weighted by Gasteiger charge is 2.36. The van der Waals surface area contributed by atoms with Gasteiger partial charge in [0, 0.05) is 32.8 Å². The van der Waals surface area contributed by atoms with Crippen LogP contribution in [0.3, 0.4) is 0 Å². The number of hydrogen-bond donors (Lipinski definition) is 0. The molecule has 7 nitrogen and oxygen atoms in total. The fourth-order valence-electron chi connectivity index (χ4n) is 2.99. The Morgan fingerprint density at radius 3 is 2.70 bits per heavy atom. The van der Waals surface area contributed by atoms with Gasteiger partial charge in [-0.3, -0.25) is 4.90 Å². The van der Waals surface area contributed by atoms with Gasteiger partial charge in [0.15, 0.2) is 11.5 Å². The van der Waals surface area contributed by atoms with Crippen LogP contribution < -0.4 is 0 Å². The van der Waals surface area contributed by atoms with Crippen molar-refractivity contribution in [2.75, 3.05) is 13.1 Å². The van der Waals surface area contributed by atoms with Gasteiger partial charge in [0.1, 0.15) is 5.82 Å². The zero-order chi connectivity index (χ0) is 16.6. The number of imidazole rings is 1. The van der Waals surface area contributed by atoms with E-state index in [2.05, 4.69) is 25.4 Å². The summed E-state index contributed by atoms with van der Waals surface area (Å²) >= 11 is 0. The number of likely N-dealkylation sites (tertiary alicyclic amines) is 1. The fourth-order valence-corrected chi connectivity index (χ4v) is 2.99. The third-order valence-electron chi connectivity index (χ3n) is 4.15. The van der Waals surface area contributed by atoms with Crippen LogP contribution in [0.4, 0.5) is 13.2 Å². The van der Waals surface area contributed by atoms with Crippen LogP contribution in [0.25, 0.3) is 0 Å². The van der Waals surface area contributed by atoms with Crippen LogP contribution in [-0.2, 0) is 26.8 Å². The third kappa shape index (κ3) is 3.36. The predicted octanol–water partition coefficient (Wildman–Crippen LogP) is 1.34. The molecule has 1 unspecified atom stereocenters. The normalized spacial score (nSPS) is 20.1. The summed E-state index contributed by atoms with van der Waals surface area (Å²) in [6.45, 7) is 2.10. The van der Waals surface area contributed by atoms with E-state index in [1.165, 1.54) is 4.57 Å². The van der Waals surface area contributed by atoms with Crippen molar-refractivity contribution in [3.63, 3.8) is 0 Å². The first-order chi connectivity index (χ1) is 10.8. The number of aryl methyl sites for hydroxylation is 2. The molecule has 0 bridgehead atoms. The van der Waals surface area contributed by atoms with E-state index < -0.39 is 11.9 Å². The smallest absolute Gasteiger partial charge is 0.337 e. The van der Waals surface area contributed by atoms with Crippen LogP contribution in [0, 0.1) is 0 Å². The summed E-state index contributed by atoms with van der Waals surface area (Å²) in [6, 6.07) is 0. The molecule has 126 valence electrons. The Hall–Kier alpha value is -1.97. The van der Waals surface area contributed by atoms with Gasteiger partial charge in [0.25, 0.3) is 0 Å². The summed E-state index contributed by atoms with van der Waals surface area (Å²) in [6.07, 6.45) is -1.62. The van der Waals surface area contributed by atoms with E-state index in [0.29, 0.717) is 18.9 Å². The molecule has 2 aromatic rings. The minimum Gasteiger partial charge on any atom is -0.337 e. The summed E-state index contributed by atoms with van der Waals surface area (Å²) < 4.78 is 41.5. The van der Waals surface area contributed by atoms with Crippen molar-refractivity contribution in [1.82, 2.24) is 34.7 Å². The van der Waals surface area contributed by atoms with Gasteiger partial charge in [-0.2, -0.15) is 13.2 Å². The van der Waals surface area contributed by atoms with Crippen molar-refractivity contribution < 1.29 is 13.2 Å². The highest BCUT2D eigenvalue weighted by molar-refractivity contribution is 5.12. The van der Waals surface area contributed by atoms with Crippen molar-refractivity contribution in [2.24, 2.45) is 14.1 Å². The molecule has 1 atom stereocenters. The molecule has 10 heteroatoms. The van der Waals surface area contributed by atoms with Gasteiger partial charge in [0.2, 0.25) is 0 Å². The average molecular weight is 329 g/mol. The van der Waals surface area contributed by atoms with Gasteiger partial charge in [0.05, 0.1) is 6.54 Å². The monoisotopic (exact) mass is 329 g/mol. The first-order valence-electron chi connectivity index (χ1n) is 7.38. The van der Waals surface area contributed by atoms with Crippen molar-refractivity contribution in [3.05, 3.63) is 23.5 Å². The van der Waals surface area contributed by atoms with Crippen LogP contribution in [-0.4, -0.2) is 47.7 Å². The predicted molar refractivity (Wildman–Crippen MR) is 74.3 cm³/mol. The number of tetrazole rings is 1. The maximum Gasteiger partial charge on any atom is 0.434 e. The lowest BCUT2D eigenvalue weighted by Crippen LogP contribution is -2.35. The second kappa shape index (κ2) is 5.91. The molecule has 3 heterocycles. The van der Waals surface area contributed by atoms with E-state index in [9.17, 15) is 13.2 Å². The van der Waals surface area contributed by atoms with Gasteiger partial charge in [-0.15, -0.1) is 5.10 Å². The van der Waals surface area contributed by atoms with Crippen LogP contribution >= 0.6 is 0 Å². The number of nitrogens with zero attached hydrogens (tertiary/aromatic N) is 7. The van der Waals surface area contributed by atoms with E-state index in [1.54, 1.807) is 18.8 Å². The third-order valence-corrected chi connectivity index (χ3v) is 4.15. The van der Waals surface area contributed by atoms with Gasteiger partial charge in [-0.25, -0.2) is 9.67 Å². The van der Waals surface area contributed by atoms with Crippen molar-refractivity contribution in [3.8, 4) is 0 Å². The first kappa shape index (κ1) is 15.9. The van der Waals surface area contributed by atoms with Gasteiger partial charge < -0.3 is 4.57 Å². The summed E-state index contributed by atoms with van der Waals surface area (Å²) in [5, 5.41) is 11.3.